The normalized spacial score (nSPS) is 14.0. The molecule has 9 heteroatoms. The van der Waals surface area contributed by atoms with Gasteiger partial charge in [-0.3, -0.25) is 0 Å². The minimum absolute atomic E-state index is 0.00930. The van der Waals surface area contributed by atoms with Crippen molar-refractivity contribution in [3.05, 3.63) is 71.3 Å². The number of ether oxygens (including phenoxy) is 1. The summed E-state index contributed by atoms with van der Waals surface area (Å²) in [6.45, 7) is 1.10. The van der Waals surface area contributed by atoms with E-state index in [1.807, 2.05) is 0 Å². The van der Waals surface area contributed by atoms with E-state index in [4.69, 9.17) is 16.3 Å². The number of rotatable bonds is 5. The molecule has 27 heavy (non-hydrogen) atoms. The van der Waals surface area contributed by atoms with Crippen LogP contribution in [0.3, 0.4) is 0 Å². The number of hydrogen-bond acceptors (Lipinski definition) is 4. The highest BCUT2D eigenvalue weighted by Crippen LogP contribution is 2.40. The highest BCUT2D eigenvalue weighted by atomic mass is 35.5. The molecule has 0 unspecified atom stereocenters. The molecule has 0 spiro atoms. The van der Waals surface area contributed by atoms with Crippen molar-refractivity contribution in [2.24, 2.45) is 0 Å². The molecule has 0 amide bonds. The third kappa shape index (κ3) is 4.58. The van der Waals surface area contributed by atoms with Gasteiger partial charge in [-0.1, -0.05) is 17.7 Å². The van der Waals surface area contributed by atoms with Crippen LogP contribution < -0.4 is 4.74 Å². The fraction of sp³-hybridized carbons (Fsp3) is 0.222. The second kappa shape index (κ2) is 7.21. The Bertz CT molecular complexity index is 911. The monoisotopic (exact) mass is 397 g/mol. The van der Waals surface area contributed by atoms with Crippen molar-refractivity contribution in [3.8, 4) is 11.5 Å². The van der Waals surface area contributed by atoms with Gasteiger partial charge in [0.1, 0.15) is 29.8 Å². The largest absolute Gasteiger partial charge is 0.457 e. The topological polar surface area (TPSA) is 60.2 Å². The van der Waals surface area contributed by atoms with Gasteiger partial charge in [0.15, 0.2) is 0 Å². The van der Waals surface area contributed by atoms with Crippen LogP contribution in [-0.4, -0.2) is 19.9 Å². The Morgan fingerprint density at radius 3 is 2.33 bits per heavy atom. The molecule has 0 aliphatic heterocycles. The molecule has 0 saturated carbocycles. The van der Waals surface area contributed by atoms with Crippen LogP contribution in [0.2, 0.25) is 5.02 Å². The molecule has 0 radical (unpaired) electrons. The van der Waals surface area contributed by atoms with E-state index in [0.717, 1.165) is 6.07 Å². The number of aliphatic hydroxyl groups is 1. The predicted molar refractivity (Wildman–Crippen MR) is 92.6 cm³/mol. The molecule has 1 atom stereocenters. The van der Waals surface area contributed by atoms with Crippen molar-refractivity contribution in [2.75, 3.05) is 0 Å². The maximum absolute atomic E-state index is 13.6. The van der Waals surface area contributed by atoms with Crippen LogP contribution in [0, 0.1) is 0 Å². The van der Waals surface area contributed by atoms with Crippen LogP contribution >= 0.6 is 11.6 Å². The average Bonchev–Trinajstić information content (AvgIpc) is 3.08. The summed E-state index contributed by atoms with van der Waals surface area (Å²) in [5.41, 5.74) is -3.09. The summed E-state index contributed by atoms with van der Waals surface area (Å²) in [5.74, 6) is 0.333. The summed E-state index contributed by atoms with van der Waals surface area (Å²) >= 11 is 5.79. The average molecular weight is 398 g/mol. The zero-order valence-corrected chi connectivity index (χ0v) is 14.9. The summed E-state index contributed by atoms with van der Waals surface area (Å²) in [7, 11) is 0. The van der Waals surface area contributed by atoms with E-state index in [1.54, 1.807) is 24.3 Å². The lowest BCUT2D eigenvalue weighted by molar-refractivity contribution is -0.140. The van der Waals surface area contributed by atoms with Gasteiger partial charge in [-0.05, 0) is 48.9 Å². The lowest BCUT2D eigenvalue weighted by Crippen LogP contribution is -2.31. The number of aromatic nitrogens is 3. The Hall–Kier alpha value is -2.58. The molecule has 0 fully saturated rings. The maximum Gasteiger partial charge on any atom is 0.416 e. The Labute approximate surface area is 158 Å². The zero-order valence-electron chi connectivity index (χ0n) is 14.1. The van der Waals surface area contributed by atoms with Gasteiger partial charge >= 0.3 is 6.18 Å². The molecule has 3 aromatic rings. The van der Waals surface area contributed by atoms with Crippen LogP contribution in [0.1, 0.15) is 18.1 Å². The molecule has 5 nitrogen and oxygen atoms in total. The lowest BCUT2D eigenvalue weighted by Gasteiger charge is -2.27. The van der Waals surface area contributed by atoms with Crippen molar-refractivity contribution in [1.29, 1.82) is 0 Å². The van der Waals surface area contributed by atoms with Crippen molar-refractivity contribution in [2.45, 2.75) is 25.2 Å². The van der Waals surface area contributed by atoms with Gasteiger partial charge in [-0.15, -0.1) is 0 Å². The van der Waals surface area contributed by atoms with Crippen LogP contribution in [-0.2, 0) is 18.3 Å². The molecule has 0 aliphatic carbocycles. The van der Waals surface area contributed by atoms with E-state index < -0.39 is 17.3 Å². The first-order valence-electron chi connectivity index (χ1n) is 7.85. The zero-order chi connectivity index (χ0) is 19.7. The predicted octanol–water partition coefficient (Wildman–Crippen LogP) is 4.65. The molecule has 1 heterocycles. The van der Waals surface area contributed by atoms with Crippen LogP contribution in [0.5, 0.6) is 11.5 Å². The fourth-order valence-corrected chi connectivity index (χ4v) is 2.77. The maximum atomic E-state index is 13.6. The van der Waals surface area contributed by atoms with Crippen molar-refractivity contribution < 1.29 is 23.0 Å². The van der Waals surface area contributed by atoms with E-state index in [2.05, 4.69) is 10.1 Å². The number of hydrogen-bond donors (Lipinski definition) is 1. The SMILES string of the molecule is C[C@](O)(Cn1cncn1)c1ccc(Oc2ccc(Cl)cc2)cc1C(F)(F)F. The second-order valence-corrected chi connectivity index (χ2v) is 6.56. The van der Waals surface area contributed by atoms with Gasteiger partial charge in [-0.25, -0.2) is 9.67 Å². The molecular formula is C18H15ClF3N3O2. The number of alkyl halides is 3. The first-order valence-corrected chi connectivity index (χ1v) is 8.23. The van der Waals surface area contributed by atoms with Crippen LogP contribution in [0.4, 0.5) is 13.2 Å². The first-order chi connectivity index (χ1) is 12.6. The van der Waals surface area contributed by atoms with Gasteiger partial charge in [-0.2, -0.15) is 18.3 Å². The molecule has 0 saturated heterocycles. The Morgan fingerprint density at radius 1 is 1.07 bits per heavy atom. The number of nitrogens with zero attached hydrogens (tertiary/aromatic N) is 3. The van der Waals surface area contributed by atoms with Crippen molar-refractivity contribution in [3.63, 3.8) is 0 Å². The molecule has 142 valence electrons. The van der Waals surface area contributed by atoms with Crippen LogP contribution in [0.25, 0.3) is 0 Å². The van der Waals surface area contributed by atoms with E-state index in [1.165, 1.54) is 36.4 Å². The van der Waals surface area contributed by atoms with Crippen molar-refractivity contribution in [1.82, 2.24) is 14.8 Å². The number of benzene rings is 2. The summed E-state index contributed by atoms with van der Waals surface area (Å²) in [6, 6.07) is 9.66. The quantitative estimate of drug-likeness (QED) is 0.680. The van der Waals surface area contributed by atoms with Gasteiger partial charge in [0.25, 0.3) is 0 Å². The van der Waals surface area contributed by atoms with Gasteiger partial charge in [0.2, 0.25) is 0 Å². The molecule has 2 aromatic carbocycles. The van der Waals surface area contributed by atoms with E-state index in [9.17, 15) is 18.3 Å². The summed E-state index contributed by atoms with van der Waals surface area (Å²) in [5, 5.41) is 15.0. The van der Waals surface area contributed by atoms with Gasteiger partial charge < -0.3 is 9.84 Å². The highest BCUT2D eigenvalue weighted by Gasteiger charge is 2.39. The molecule has 0 aliphatic rings. The second-order valence-electron chi connectivity index (χ2n) is 6.13. The Balaban J connectivity index is 1.95. The highest BCUT2D eigenvalue weighted by molar-refractivity contribution is 6.30. The lowest BCUT2D eigenvalue weighted by atomic mass is 9.90. The van der Waals surface area contributed by atoms with Gasteiger partial charge in [0.05, 0.1) is 12.1 Å². The summed E-state index contributed by atoms with van der Waals surface area (Å²) in [4.78, 5) is 3.73. The van der Waals surface area contributed by atoms with Crippen LogP contribution in [0.15, 0.2) is 55.1 Å². The first kappa shape index (κ1) is 19.2. The standard InChI is InChI=1S/C18H15ClF3N3O2/c1-17(26,9-25-11-23-10-24-25)15-7-6-14(8-16(15)18(20,21)22)27-13-4-2-12(19)3-5-13/h2-8,10-11,26H,9H2,1H3/t17-/m0/s1. The van der Waals surface area contributed by atoms with E-state index >= 15 is 0 Å². The fourth-order valence-electron chi connectivity index (χ4n) is 2.64. The third-order valence-electron chi connectivity index (χ3n) is 3.86. The molecule has 0 bridgehead atoms. The summed E-state index contributed by atoms with van der Waals surface area (Å²) in [6.07, 6.45) is -2.12. The minimum atomic E-state index is -4.68. The molecule has 1 N–H and O–H groups in total. The minimum Gasteiger partial charge on any atom is -0.457 e. The molecular weight excluding hydrogens is 383 g/mol. The van der Waals surface area contributed by atoms with E-state index in [0.29, 0.717) is 10.8 Å². The van der Waals surface area contributed by atoms with E-state index in [-0.39, 0.29) is 17.9 Å². The van der Waals surface area contributed by atoms with Crippen molar-refractivity contribution >= 4 is 11.6 Å². The third-order valence-corrected chi connectivity index (χ3v) is 4.11. The van der Waals surface area contributed by atoms with Gasteiger partial charge in [0, 0.05) is 5.02 Å². The number of halogens is 4. The Kier molecular flexibility index (Phi) is 5.12. The molecule has 1 aromatic heterocycles. The smallest absolute Gasteiger partial charge is 0.416 e. The Morgan fingerprint density at radius 2 is 1.74 bits per heavy atom. The molecule has 3 rings (SSSR count). The summed E-state index contributed by atoms with van der Waals surface area (Å²) < 4.78 is 47.6.